The van der Waals surface area contributed by atoms with Crippen LogP contribution in [0.3, 0.4) is 0 Å². The molecule has 0 aromatic heterocycles. The molecule has 0 spiro atoms. The zero-order valence-corrected chi connectivity index (χ0v) is 29.9. The van der Waals surface area contributed by atoms with Crippen molar-refractivity contribution in [3.05, 3.63) is 192 Å². The number of amidine groups is 1. The zero-order chi connectivity index (χ0) is 36.5. The van der Waals surface area contributed by atoms with Crippen LogP contribution in [0.25, 0.3) is 22.3 Å². The fourth-order valence-electron chi connectivity index (χ4n) is 7.34. The van der Waals surface area contributed by atoms with Crippen molar-refractivity contribution < 1.29 is 9.47 Å². The minimum Gasteiger partial charge on any atom is -0.449 e. The standard InChI is InChI=1S/C47H42N4O2/c1-4-5-21-39(48)34-17-11-13-30(26-34)29-50-46(31-14-7-6-8-15-31)51-45(49)35-18-12-16-32(27-35)33-22-24-40-42(28-33)52-41-25-23-38-43(44(41)53-40)36-19-9-10-20-37(36)47(38,2)3/h4-28,39,45H,1,29,48-49H2,2-3H3,(H,50,51)/b21-5-. The van der Waals surface area contributed by atoms with E-state index in [1.54, 1.807) is 6.08 Å². The first-order chi connectivity index (χ1) is 25.8. The van der Waals surface area contributed by atoms with Gasteiger partial charge in [-0.3, -0.25) is 4.99 Å². The van der Waals surface area contributed by atoms with Gasteiger partial charge in [0, 0.05) is 22.6 Å². The van der Waals surface area contributed by atoms with Crippen LogP contribution in [0.5, 0.6) is 23.0 Å². The summed E-state index contributed by atoms with van der Waals surface area (Å²) in [5.41, 5.74) is 23.9. The predicted octanol–water partition coefficient (Wildman–Crippen LogP) is 10.5. The lowest BCUT2D eigenvalue weighted by atomic mass is 9.82. The third-order valence-electron chi connectivity index (χ3n) is 10.2. The van der Waals surface area contributed by atoms with Gasteiger partial charge in [0.05, 0.1) is 6.54 Å². The lowest BCUT2D eigenvalue weighted by Gasteiger charge is -2.25. The summed E-state index contributed by atoms with van der Waals surface area (Å²) in [6, 6.07) is 45.1. The number of nitrogens with two attached hydrogens (primary N) is 2. The second-order valence-electron chi connectivity index (χ2n) is 14.0. The predicted molar refractivity (Wildman–Crippen MR) is 215 cm³/mol. The van der Waals surface area contributed by atoms with Crippen LogP contribution in [-0.2, 0) is 12.0 Å². The van der Waals surface area contributed by atoms with Crippen molar-refractivity contribution >= 4 is 5.84 Å². The second-order valence-corrected chi connectivity index (χ2v) is 14.0. The Bertz CT molecular complexity index is 2390. The van der Waals surface area contributed by atoms with Gasteiger partial charge in [-0.1, -0.05) is 148 Å². The van der Waals surface area contributed by atoms with Crippen LogP contribution in [0, 0.1) is 0 Å². The van der Waals surface area contributed by atoms with Gasteiger partial charge >= 0.3 is 0 Å². The molecule has 0 radical (unpaired) electrons. The summed E-state index contributed by atoms with van der Waals surface area (Å²) < 4.78 is 13.2. The van der Waals surface area contributed by atoms with E-state index in [1.807, 2.05) is 84.9 Å². The van der Waals surface area contributed by atoms with Crippen molar-refractivity contribution in [3.8, 4) is 45.3 Å². The van der Waals surface area contributed by atoms with Crippen molar-refractivity contribution in [1.29, 1.82) is 0 Å². The van der Waals surface area contributed by atoms with E-state index in [9.17, 15) is 0 Å². The largest absolute Gasteiger partial charge is 0.449 e. The quantitative estimate of drug-likeness (QED) is 0.0605. The fourth-order valence-corrected chi connectivity index (χ4v) is 7.34. The number of allylic oxidation sites excluding steroid dienone is 2. The van der Waals surface area contributed by atoms with Crippen molar-refractivity contribution in [1.82, 2.24) is 5.32 Å². The molecule has 5 N–H and O–H groups in total. The number of hydrogen-bond donors (Lipinski definition) is 3. The number of ether oxygens (including phenoxy) is 2. The molecule has 0 saturated carbocycles. The highest BCUT2D eigenvalue weighted by Gasteiger charge is 2.39. The summed E-state index contributed by atoms with van der Waals surface area (Å²) in [6.45, 7) is 8.73. The van der Waals surface area contributed by atoms with Crippen LogP contribution in [0.4, 0.5) is 0 Å². The summed E-state index contributed by atoms with van der Waals surface area (Å²) in [4.78, 5) is 5.00. The first kappa shape index (κ1) is 33.9. The number of nitrogens with one attached hydrogen (secondary N) is 1. The molecule has 1 aliphatic heterocycles. The van der Waals surface area contributed by atoms with E-state index in [0.29, 0.717) is 29.6 Å². The maximum atomic E-state index is 6.85. The molecule has 262 valence electrons. The Morgan fingerprint density at radius 2 is 1.49 bits per heavy atom. The summed E-state index contributed by atoms with van der Waals surface area (Å²) in [5.74, 6) is 3.56. The monoisotopic (exact) mass is 694 g/mol. The highest BCUT2D eigenvalue weighted by molar-refractivity contribution is 5.99. The lowest BCUT2D eigenvalue weighted by molar-refractivity contribution is 0.360. The molecule has 6 aromatic rings. The second kappa shape index (κ2) is 14.1. The van der Waals surface area contributed by atoms with Gasteiger partial charge in [0.25, 0.3) is 0 Å². The van der Waals surface area contributed by atoms with Gasteiger partial charge in [0.15, 0.2) is 23.0 Å². The molecule has 0 fully saturated rings. The number of rotatable bonds is 9. The first-order valence-electron chi connectivity index (χ1n) is 17.9. The maximum absolute atomic E-state index is 6.85. The van der Waals surface area contributed by atoms with E-state index >= 15 is 0 Å². The van der Waals surface area contributed by atoms with E-state index in [1.165, 1.54) is 16.7 Å². The van der Waals surface area contributed by atoms with Gasteiger partial charge in [0.2, 0.25) is 0 Å². The van der Waals surface area contributed by atoms with E-state index in [2.05, 4.69) is 86.4 Å². The van der Waals surface area contributed by atoms with Crippen LogP contribution in [0.1, 0.15) is 59.4 Å². The topological polar surface area (TPSA) is 94.9 Å². The highest BCUT2D eigenvalue weighted by atomic mass is 16.6. The fraction of sp³-hybridized carbons (Fsp3) is 0.128. The Morgan fingerprint density at radius 1 is 0.736 bits per heavy atom. The van der Waals surface area contributed by atoms with Gasteiger partial charge in [-0.05, 0) is 68.8 Å². The van der Waals surface area contributed by atoms with E-state index in [4.69, 9.17) is 25.9 Å². The lowest BCUT2D eigenvalue weighted by Crippen LogP contribution is -2.34. The smallest absolute Gasteiger partial charge is 0.178 e. The summed E-state index contributed by atoms with van der Waals surface area (Å²) in [7, 11) is 0. The number of hydrogen-bond acceptors (Lipinski definition) is 5. The molecule has 0 bridgehead atoms. The average molecular weight is 695 g/mol. The molecule has 1 heterocycles. The highest BCUT2D eigenvalue weighted by Crippen LogP contribution is 2.58. The number of nitrogens with zero attached hydrogens (tertiary/aromatic N) is 1. The first-order valence-corrected chi connectivity index (χ1v) is 17.9. The minimum atomic E-state index is -0.518. The van der Waals surface area contributed by atoms with Gasteiger partial charge in [-0.25, -0.2) is 0 Å². The van der Waals surface area contributed by atoms with Crippen LogP contribution >= 0.6 is 0 Å². The number of benzene rings is 6. The average Bonchev–Trinajstić information content (AvgIpc) is 3.44. The summed E-state index contributed by atoms with van der Waals surface area (Å²) in [6.07, 6.45) is 4.99. The number of fused-ring (bicyclic) bond motifs is 6. The molecule has 2 unspecified atom stereocenters. The van der Waals surface area contributed by atoms with E-state index in [-0.39, 0.29) is 11.5 Å². The van der Waals surface area contributed by atoms with Crippen LogP contribution in [0.2, 0.25) is 0 Å². The van der Waals surface area contributed by atoms with Gasteiger partial charge in [0.1, 0.15) is 12.0 Å². The molecule has 6 aromatic carbocycles. The zero-order valence-electron chi connectivity index (χ0n) is 29.9. The third kappa shape index (κ3) is 6.55. The van der Waals surface area contributed by atoms with Gasteiger partial charge < -0.3 is 26.3 Å². The minimum absolute atomic E-state index is 0.118. The molecule has 1 aliphatic carbocycles. The summed E-state index contributed by atoms with van der Waals surface area (Å²) >= 11 is 0. The van der Waals surface area contributed by atoms with E-state index < -0.39 is 6.17 Å². The molecule has 0 amide bonds. The van der Waals surface area contributed by atoms with Crippen molar-refractivity contribution in [2.45, 2.75) is 38.0 Å². The molecular formula is C47H42N4O2. The Kier molecular flexibility index (Phi) is 9.00. The molecule has 6 nitrogen and oxygen atoms in total. The van der Waals surface area contributed by atoms with Crippen molar-refractivity contribution in [2.24, 2.45) is 16.5 Å². The number of aliphatic imine (C=N–C) groups is 1. The van der Waals surface area contributed by atoms with Crippen LogP contribution in [0.15, 0.2) is 163 Å². The SMILES string of the molecule is C=C/C=C\C(N)c1cccc(CN=C(NC(N)c2cccc(-c3ccc4c(c3)Oc3ccc5c(c3O4)-c3ccccc3C5(C)C)c2)c2ccccc2)c1. The molecule has 8 rings (SSSR count). The van der Waals surface area contributed by atoms with Crippen molar-refractivity contribution in [3.63, 3.8) is 0 Å². The Hall–Kier alpha value is -6.21. The molecule has 2 aliphatic rings. The molecule has 53 heavy (non-hydrogen) atoms. The van der Waals surface area contributed by atoms with Crippen molar-refractivity contribution in [2.75, 3.05) is 0 Å². The Balaban J connectivity index is 1.03. The van der Waals surface area contributed by atoms with Crippen LogP contribution in [-0.4, -0.2) is 5.84 Å². The maximum Gasteiger partial charge on any atom is 0.178 e. The normalized spacial score (nSPS) is 14.9. The third-order valence-corrected chi connectivity index (χ3v) is 10.2. The Morgan fingerprint density at radius 3 is 2.34 bits per heavy atom. The molecule has 2 atom stereocenters. The Labute approximate surface area is 311 Å². The summed E-state index contributed by atoms with van der Waals surface area (Å²) in [5, 5.41) is 3.49. The van der Waals surface area contributed by atoms with E-state index in [0.717, 1.165) is 44.7 Å². The van der Waals surface area contributed by atoms with Gasteiger partial charge in [-0.2, -0.15) is 0 Å². The molecular weight excluding hydrogens is 653 g/mol. The van der Waals surface area contributed by atoms with Gasteiger partial charge in [-0.15, -0.1) is 0 Å². The van der Waals surface area contributed by atoms with Crippen LogP contribution < -0.4 is 26.3 Å². The molecule has 6 heteroatoms. The molecule has 0 saturated heterocycles.